The molecule has 1 fully saturated rings. The Morgan fingerprint density at radius 2 is 2.17 bits per heavy atom. The number of hydrogen-bond donors (Lipinski definition) is 1. The highest BCUT2D eigenvalue weighted by Gasteiger charge is 2.29. The summed E-state index contributed by atoms with van der Waals surface area (Å²) in [5.74, 6) is 1.00. The number of nitrogens with one attached hydrogen (secondary N) is 1. The van der Waals surface area contributed by atoms with Gasteiger partial charge in [-0.3, -0.25) is 0 Å². The average Bonchev–Trinajstić information content (AvgIpc) is 2.89. The van der Waals surface area contributed by atoms with E-state index in [1.54, 1.807) is 0 Å². The topological polar surface area (TPSA) is 12.0 Å². The second-order valence-corrected chi connectivity index (χ2v) is 5.08. The van der Waals surface area contributed by atoms with Crippen molar-refractivity contribution in [3.63, 3.8) is 0 Å². The summed E-state index contributed by atoms with van der Waals surface area (Å²) in [4.78, 5) is 0. The molecule has 0 amide bonds. The highest BCUT2D eigenvalue weighted by molar-refractivity contribution is 7.99. The van der Waals surface area contributed by atoms with Gasteiger partial charge < -0.3 is 5.32 Å². The summed E-state index contributed by atoms with van der Waals surface area (Å²) >= 11 is 1.95. The van der Waals surface area contributed by atoms with Gasteiger partial charge in [0.05, 0.1) is 0 Å². The van der Waals surface area contributed by atoms with Crippen molar-refractivity contribution in [1.29, 1.82) is 0 Å². The van der Waals surface area contributed by atoms with E-state index in [1.807, 2.05) is 11.8 Å². The van der Waals surface area contributed by atoms with Crippen molar-refractivity contribution in [2.75, 3.05) is 12.8 Å². The molecule has 0 bridgehead atoms. The monoisotopic (exact) mass is 187 g/mol. The van der Waals surface area contributed by atoms with Crippen molar-refractivity contribution in [1.82, 2.24) is 5.32 Å². The highest BCUT2D eigenvalue weighted by atomic mass is 32.2. The Bertz CT molecular complexity index is 123. The van der Waals surface area contributed by atoms with Crippen LogP contribution in [0.1, 0.15) is 33.1 Å². The van der Waals surface area contributed by atoms with Crippen molar-refractivity contribution >= 4 is 11.8 Å². The van der Waals surface area contributed by atoms with Gasteiger partial charge in [-0.25, -0.2) is 0 Å². The zero-order valence-corrected chi connectivity index (χ0v) is 9.29. The van der Waals surface area contributed by atoms with Gasteiger partial charge in [0, 0.05) is 17.8 Å². The van der Waals surface area contributed by atoms with Gasteiger partial charge >= 0.3 is 0 Å². The molecule has 1 N–H and O–H groups in total. The molecule has 0 aliphatic heterocycles. The summed E-state index contributed by atoms with van der Waals surface area (Å²) in [5, 5.41) is 4.42. The van der Waals surface area contributed by atoms with E-state index in [0.29, 0.717) is 0 Å². The lowest BCUT2D eigenvalue weighted by molar-refractivity contribution is 0.453. The van der Waals surface area contributed by atoms with E-state index in [1.165, 1.54) is 25.8 Å². The highest BCUT2D eigenvalue weighted by Crippen LogP contribution is 2.33. The molecule has 0 saturated heterocycles. The van der Waals surface area contributed by atoms with Crippen molar-refractivity contribution in [3.05, 3.63) is 0 Å². The second kappa shape index (κ2) is 5.13. The SMILES string of the molecule is CCC(NCC(C)SC)C1CC1. The minimum atomic E-state index is 0.762. The summed E-state index contributed by atoms with van der Waals surface area (Å²) in [6.07, 6.45) is 6.40. The van der Waals surface area contributed by atoms with Crippen molar-refractivity contribution in [3.8, 4) is 0 Å². The molecule has 0 aromatic rings. The molecule has 1 nitrogen and oxygen atoms in total. The number of rotatable bonds is 6. The third-order valence-corrected chi connectivity index (χ3v) is 3.67. The molecule has 1 rings (SSSR count). The average molecular weight is 187 g/mol. The third kappa shape index (κ3) is 3.36. The number of thioether (sulfide) groups is 1. The molecule has 2 atom stereocenters. The lowest BCUT2D eigenvalue weighted by atomic mass is 10.1. The van der Waals surface area contributed by atoms with E-state index in [4.69, 9.17) is 0 Å². The van der Waals surface area contributed by atoms with Crippen LogP contribution in [-0.4, -0.2) is 24.1 Å². The van der Waals surface area contributed by atoms with Crippen LogP contribution >= 0.6 is 11.8 Å². The van der Waals surface area contributed by atoms with Gasteiger partial charge in [0.1, 0.15) is 0 Å². The van der Waals surface area contributed by atoms with Gasteiger partial charge in [-0.1, -0.05) is 13.8 Å². The van der Waals surface area contributed by atoms with Crippen LogP contribution in [0.5, 0.6) is 0 Å². The van der Waals surface area contributed by atoms with Gasteiger partial charge in [-0.15, -0.1) is 0 Å². The van der Waals surface area contributed by atoms with E-state index in [2.05, 4.69) is 25.4 Å². The maximum absolute atomic E-state index is 3.66. The van der Waals surface area contributed by atoms with Crippen LogP contribution in [0, 0.1) is 5.92 Å². The first kappa shape index (κ1) is 10.4. The molecule has 1 aliphatic rings. The van der Waals surface area contributed by atoms with Crippen LogP contribution < -0.4 is 5.32 Å². The predicted molar refractivity (Wildman–Crippen MR) is 57.8 cm³/mol. The van der Waals surface area contributed by atoms with Crippen LogP contribution in [0.2, 0.25) is 0 Å². The maximum Gasteiger partial charge on any atom is 0.0141 e. The molecule has 2 unspecified atom stereocenters. The largest absolute Gasteiger partial charge is 0.313 e. The van der Waals surface area contributed by atoms with Gasteiger partial charge in [0.25, 0.3) is 0 Å². The Labute approximate surface area is 80.7 Å². The van der Waals surface area contributed by atoms with Crippen LogP contribution in [0.4, 0.5) is 0 Å². The van der Waals surface area contributed by atoms with Crippen LogP contribution in [-0.2, 0) is 0 Å². The molecule has 0 spiro atoms. The fraction of sp³-hybridized carbons (Fsp3) is 1.00. The molecule has 72 valence electrons. The van der Waals surface area contributed by atoms with Crippen molar-refractivity contribution in [2.45, 2.75) is 44.4 Å². The maximum atomic E-state index is 3.66. The number of hydrogen-bond acceptors (Lipinski definition) is 2. The minimum Gasteiger partial charge on any atom is -0.313 e. The summed E-state index contributed by atoms with van der Waals surface area (Å²) in [6, 6.07) is 0.805. The predicted octanol–water partition coefficient (Wildman–Crippen LogP) is 2.52. The Kier molecular flexibility index (Phi) is 4.44. The molecule has 0 radical (unpaired) electrons. The molecule has 0 aromatic carbocycles. The van der Waals surface area contributed by atoms with Crippen molar-refractivity contribution < 1.29 is 0 Å². The fourth-order valence-corrected chi connectivity index (χ4v) is 1.81. The van der Waals surface area contributed by atoms with E-state index in [9.17, 15) is 0 Å². The Morgan fingerprint density at radius 3 is 2.58 bits per heavy atom. The first-order valence-corrected chi connectivity index (χ1v) is 6.32. The smallest absolute Gasteiger partial charge is 0.0141 e. The second-order valence-electron chi connectivity index (χ2n) is 3.81. The zero-order chi connectivity index (χ0) is 8.97. The van der Waals surface area contributed by atoms with Gasteiger partial charge in [0.15, 0.2) is 0 Å². The molecule has 1 saturated carbocycles. The van der Waals surface area contributed by atoms with Crippen LogP contribution in [0.3, 0.4) is 0 Å². The van der Waals surface area contributed by atoms with E-state index >= 15 is 0 Å². The zero-order valence-electron chi connectivity index (χ0n) is 8.47. The van der Waals surface area contributed by atoms with Crippen LogP contribution in [0.15, 0.2) is 0 Å². The van der Waals surface area contributed by atoms with Crippen LogP contribution in [0.25, 0.3) is 0 Å². The van der Waals surface area contributed by atoms with Gasteiger partial charge in [-0.05, 0) is 31.4 Å². The first-order valence-electron chi connectivity index (χ1n) is 5.04. The molecule has 12 heavy (non-hydrogen) atoms. The van der Waals surface area contributed by atoms with E-state index < -0.39 is 0 Å². The Hall–Kier alpha value is 0.310. The summed E-state index contributed by atoms with van der Waals surface area (Å²) < 4.78 is 0. The summed E-state index contributed by atoms with van der Waals surface area (Å²) in [6.45, 7) is 5.76. The first-order chi connectivity index (χ1) is 5.77. The molecular weight excluding hydrogens is 166 g/mol. The van der Waals surface area contributed by atoms with Crippen molar-refractivity contribution in [2.24, 2.45) is 5.92 Å². The quantitative estimate of drug-likeness (QED) is 0.686. The Balaban J connectivity index is 2.10. The van der Waals surface area contributed by atoms with E-state index in [0.717, 1.165) is 17.2 Å². The van der Waals surface area contributed by atoms with E-state index in [-0.39, 0.29) is 0 Å². The molecule has 0 aromatic heterocycles. The lowest BCUT2D eigenvalue weighted by Gasteiger charge is -2.18. The molecular formula is C10H21NS. The standard InChI is InChI=1S/C10H21NS/c1-4-10(9-5-6-9)11-7-8(2)12-3/h8-11H,4-7H2,1-3H3. The summed E-state index contributed by atoms with van der Waals surface area (Å²) in [7, 11) is 0. The molecule has 1 aliphatic carbocycles. The Morgan fingerprint density at radius 1 is 1.50 bits per heavy atom. The normalized spacial score (nSPS) is 22.2. The molecule has 0 heterocycles. The molecule has 2 heteroatoms. The lowest BCUT2D eigenvalue weighted by Crippen LogP contribution is -2.34. The third-order valence-electron chi connectivity index (χ3n) is 2.70. The fourth-order valence-electron chi connectivity index (χ4n) is 1.54. The van der Waals surface area contributed by atoms with Gasteiger partial charge in [0.2, 0.25) is 0 Å². The summed E-state index contributed by atoms with van der Waals surface area (Å²) in [5.41, 5.74) is 0. The minimum absolute atomic E-state index is 0.762. The van der Waals surface area contributed by atoms with Gasteiger partial charge in [-0.2, -0.15) is 11.8 Å².